The van der Waals surface area contributed by atoms with Crippen LogP contribution in [0.4, 0.5) is 11.5 Å². The Bertz CT molecular complexity index is 609. The van der Waals surface area contributed by atoms with E-state index >= 15 is 0 Å². The molecule has 1 heterocycles. The molecule has 7 nitrogen and oxygen atoms in total. The Morgan fingerprint density at radius 1 is 1.35 bits per heavy atom. The number of aromatic nitrogens is 2. The normalized spacial score (nSPS) is 10.1. The van der Waals surface area contributed by atoms with E-state index in [-0.39, 0.29) is 5.69 Å². The van der Waals surface area contributed by atoms with Crippen LogP contribution in [0.1, 0.15) is 12.7 Å². The van der Waals surface area contributed by atoms with E-state index in [1.807, 2.05) is 6.92 Å². The van der Waals surface area contributed by atoms with E-state index in [1.165, 1.54) is 12.1 Å². The summed E-state index contributed by atoms with van der Waals surface area (Å²) in [6, 6.07) is 7.60. The third kappa shape index (κ3) is 3.19. The van der Waals surface area contributed by atoms with Crippen LogP contribution in [0.2, 0.25) is 0 Å². The van der Waals surface area contributed by atoms with Gasteiger partial charge in [-0.15, -0.1) is 0 Å². The summed E-state index contributed by atoms with van der Waals surface area (Å²) in [4.78, 5) is 18.7. The van der Waals surface area contributed by atoms with Gasteiger partial charge in [-0.1, -0.05) is 13.0 Å². The fourth-order valence-electron chi connectivity index (χ4n) is 1.59. The van der Waals surface area contributed by atoms with Gasteiger partial charge in [-0.25, -0.2) is 4.98 Å². The zero-order valence-corrected chi connectivity index (χ0v) is 11.2. The summed E-state index contributed by atoms with van der Waals surface area (Å²) in [6.07, 6.45) is 0.667. The second kappa shape index (κ2) is 5.96. The summed E-state index contributed by atoms with van der Waals surface area (Å²) < 4.78 is 5.56. The first-order valence-corrected chi connectivity index (χ1v) is 6.10. The van der Waals surface area contributed by atoms with Gasteiger partial charge >= 0.3 is 0 Å². The van der Waals surface area contributed by atoms with E-state index < -0.39 is 4.92 Å². The summed E-state index contributed by atoms with van der Waals surface area (Å²) in [5.74, 6) is 1.98. The molecule has 2 rings (SSSR count). The molecule has 0 saturated carbocycles. The molecule has 104 valence electrons. The van der Waals surface area contributed by atoms with Gasteiger partial charge in [-0.3, -0.25) is 10.1 Å². The number of non-ortho nitro benzene ring substituents is 1. The third-order valence-corrected chi connectivity index (χ3v) is 2.57. The summed E-state index contributed by atoms with van der Waals surface area (Å²) >= 11 is 0. The number of nitro groups is 1. The standard InChI is InChI=1S/C13H14N4O3/c1-3-11-15-12(14-2)8-13(16-11)20-10-6-4-5-9(7-10)17(18)19/h4-8H,3H2,1-2H3,(H,14,15,16). The van der Waals surface area contributed by atoms with E-state index in [2.05, 4.69) is 15.3 Å². The molecule has 7 heteroatoms. The number of hydrogen-bond donors (Lipinski definition) is 1. The van der Waals surface area contributed by atoms with Crippen LogP contribution in [0.15, 0.2) is 30.3 Å². The van der Waals surface area contributed by atoms with Crippen LogP contribution >= 0.6 is 0 Å². The molecule has 0 amide bonds. The molecule has 0 spiro atoms. The second-order valence-corrected chi connectivity index (χ2v) is 3.97. The number of hydrogen-bond acceptors (Lipinski definition) is 6. The molecule has 0 unspecified atom stereocenters. The summed E-state index contributed by atoms with van der Waals surface area (Å²) in [5.41, 5.74) is -0.0267. The van der Waals surface area contributed by atoms with Crippen LogP contribution in [0, 0.1) is 10.1 Å². The van der Waals surface area contributed by atoms with Crippen molar-refractivity contribution in [2.75, 3.05) is 12.4 Å². The van der Waals surface area contributed by atoms with Crippen LogP contribution in [-0.2, 0) is 6.42 Å². The quantitative estimate of drug-likeness (QED) is 0.666. The molecule has 0 atom stereocenters. The maximum absolute atomic E-state index is 10.7. The molecule has 0 radical (unpaired) electrons. The fraction of sp³-hybridized carbons (Fsp3) is 0.231. The number of anilines is 1. The topological polar surface area (TPSA) is 90.2 Å². The first kappa shape index (κ1) is 13.7. The Labute approximate surface area is 115 Å². The van der Waals surface area contributed by atoms with Crippen LogP contribution in [0.5, 0.6) is 11.6 Å². The zero-order chi connectivity index (χ0) is 14.5. The van der Waals surface area contributed by atoms with Gasteiger partial charge in [0, 0.05) is 25.6 Å². The van der Waals surface area contributed by atoms with Crippen LogP contribution < -0.4 is 10.1 Å². The molecule has 0 bridgehead atoms. The van der Waals surface area contributed by atoms with Crippen molar-refractivity contribution in [1.29, 1.82) is 0 Å². The number of benzene rings is 1. The first-order valence-electron chi connectivity index (χ1n) is 6.10. The average molecular weight is 274 g/mol. The second-order valence-electron chi connectivity index (χ2n) is 3.97. The fourth-order valence-corrected chi connectivity index (χ4v) is 1.59. The molecule has 0 aliphatic rings. The van der Waals surface area contributed by atoms with Gasteiger partial charge in [-0.05, 0) is 6.07 Å². The maximum Gasteiger partial charge on any atom is 0.273 e. The van der Waals surface area contributed by atoms with Gasteiger partial charge in [0.05, 0.1) is 11.0 Å². The van der Waals surface area contributed by atoms with E-state index in [0.29, 0.717) is 29.7 Å². The lowest BCUT2D eigenvalue weighted by Crippen LogP contribution is -2.01. The number of aryl methyl sites for hydroxylation is 1. The molecule has 20 heavy (non-hydrogen) atoms. The Morgan fingerprint density at radius 2 is 2.15 bits per heavy atom. The highest BCUT2D eigenvalue weighted by atomic mass is 16.6. The lowest BCUT2D eigenvalue weighted by Gasteiger charge is -2.08. The van der Waals surface area contributed by atoms with Gasteiger partial charge in [0.1, 0.15) is 17.4 Å². The lowest BCUT2D eigenvalue weighted by atomic mass is 10.3. The molecular formula is C13H14N4O3. The van der Waals surface area contributed by atoms with Crippen molar-refractivity contribution >= 4 is 11.5 Å². The SMILES string of the molecule is CCc1nc(NC)cc(Oc2cccc([N+](=O)[O-])c2)n1. The Balaban J connectivity index is 2.29. The number of nitrogens with zero attached hydrogens (tertiary/aromatic N) is 3. The molecule has 1 N–H and O–H groups in total. The predicted molar refractivity (Wildman–Crippen MR) is 74.1 cm³/mol. The monoisotopic (exact) mass is 274 g/mol. The molecule has 0 aliphatic carbocycles. The minimum absolute atomic E-state index is 0.0267. The Morgan fingerprint density at radius 3 is 2.80 bits per heavy atom. The van der Waals surface area contributed by atoms with E-state index in [1.54, 1.807) is 25.2 Å². The summed E-state index contributed by atoms with van der Waals surface area (Å²) in [6.45, 7) is 1.94. The van der Waals surface area contributed by atoms with Crippen molar-refractivity contribution in [3.8, 4) is 11.6 Å². The molecule has 1 aromatic heterocycles. The molecule has 2 aromatic rings. The smallest absolute Gasteiger partial charge is 0.273 e. The molecule has 0 aliphatic heterocycles. The average Bonchev–Trinajstić information content (AvgIpc) is 2.47. The van der Waals surface area contributed by atoms with Gasteiger partial charge in [0.25, 0.3) is 5.69 Å². The van der Waals surface area contributed by atoms with E-state index in [9.17, 15) is 10.1 Å². The number of ether oxygens (including phenoxy) is 1. The van der Waals surface area contributed by atoms with Crippen molar-refractivity contribution < 1.29 is 9.66 Å². The van der Waals surface area contributed by atoms with Gasteiger partial charge < -0.3 is 10.1 Å². The van der Waals surface area contributed by atoms with Crippen molar-refractivity contribution in [1.82, 2.24) is 9.97 Å². The third-order valence-electron chi connectivity index (χ3n) is 2.57. The highest BCUT2D eigenvalue weighted by Gasteiger charge is 2.09. The van der Waals surface area contributed by atoms with Gasteiger partial charge in [0.2, 0.25) is 5.88 Å². The summed E-state index contributed by atoms with van der Waals surface area (Å²) in [5, 5.41) is 13.6. The number of nitro benzene ring substituents is 1. The first-order chi connectivity index (χ1) is 9.62. The largest absolute Gasteiger partial charge is 0.439 e. The van der Waals surface area contributed by atoms with Crippen molar-refractivity contribution in [3.63, 3.8) is 0 Å². The van der Waals surface area contributed by atoms with Crippen LogP contribution in [-0.4, -0.2) is 21.9 Å². The minimum Gasteiger partial charge on any atom is -0.439 e. The zero-order valence-electron chi connectivity index (χ0n) is 11.2. The highest BCUT2D eigenvalue weighted by molar-refractivity contribution is 5.42. The number of rotatable bonds is 5. The van der Waals surface area contributed by atoms with Crippen molar-refractivity contribution in [2.24, 2.45) is 0 Å². The maximum atomic E-state index is 10.7. The van der Waals surface area contributed by atoms with Crippen LogP contribution in [0.25, 0.3) is 0 Å². The lowest BCUT2D eigenvalue weighted by molar-refractivity contribution is -0.384. The predicted octanol–water partition coefficient (Wildman–Crippen LogP) is 2.78. The number of nitrogens with one attached hydrogen (secondary N) is 1. The molecule has 1 aromatic carbocycles. The van der Waals surface area contributed by atoms with Crippen LogP contribution in [0.3, 0.4) is 0 Å². The summed E-state index contributed by atoms with van der Waals surface area (Å²) in [7, 11) is 1.75. The minimum atomic E-state index is -0.469. The van der Waals surface area contributed by atoms with Gasteiger partial charge in [0.15, 0.2) is 0 Å². The van der Waals surface area contributed by atoms with Gasteiger partial charge in [-0.2, -0.15) is 4.98 Å². The van der Waals surface area contributed by atoms with E-state index in [0.717, 1.165) is 0 Å². The van der Waals surface area contributed by atoms with Crippen molar-refractivity contribution in [3.05, 3.63) is 46.3 Å². The van der Waals surface area contributed by atoms with E-state index in [4.69, 9.17) is 4.74 Å². The Hall–Kier alpha value is -2.70. The molecular weight excluding hydrogens is 260 g/mol. The molecule has 0 fully saturated rings. The molecule has 0 saturated heterocycles. The highest BCUT2D eigenvalue weighted by Crippen LogP contribution is 2.25. The van der Waals surface area contributed by atoms with Crippen molar-refractivity contribution in [2.45, 2.75) is 13.3 Å². The Kier molecular flexibility index (Phi) is 4.09.